The second-order valence-electron chi connectivity index (χ2n) is 3.02. The van der Waals surface area contributed by atoms with E-state index in [0.29, 0.717) is 5.92 Å². The Morgan fingerprint density at radius 1 is 1.40 bits per heavy atom. The summed E-state index contributed by atoms with van der Waals surface area (Å²) >= 11 is 0. The fourth-order valence-corrected chi connectivity index (χ4v) is 2.87. The maximum Gasteiger partial charge on any atom is 0.235 e. The van der Waals surface area contributed by atoms with Crippen LogP contribution in [0.2, 0.25) is 0 Å². The predicted molar refractivity (Wildman–Crippen MR) is 41.6 cm³/mol. The predicted octanol–water partition coefficient (Wildman–Crippen LogP) is 1.74. The molecule has 0 aromatic heterocycles. The third kappa shape index (κ3) is 1.86. The van der Waals surface area contributed by atoms with E-state index in [-0.39, 0.29) is 5.25 Å². The lowest BCUT2D eigenvalue weighted by atomic mass is 10.1. The van der Waals surface area contributed by atoms with Gasteiger partial charge in [-0.3, -0.25) is 0 Å². The number of hydrogen-bond donors (Lipinski definition) is 0. The monoisotopic (exact) mass is 182 g/mol. The third-order valence-corrected chi connectivity index (χ3v) is 4.03. The van der Waals surface area contributed by atoms with E-state index in [9.17, 15) is 8.42 Å². The molecule has 1 fully saturated rings. The first kappa shape index (κ1) is 8.34. The number of rotatable bonds is 1. The molecule has 1 aliphatic rings. The lowest BCUT2D eigenvalue weighted by Crippen LogP contribution is -2.11. The summed E-state index contributed by atoms with van der Waals surface area (Å²) in [6, 6.07) is 0. The van der Waals surface area contributed by atoms with Crippen LogP contribution >= 0.6 is 10.7 Å². The number of halogens is 1. The first-order valence-corrected chi connectivity index (χ1v) is 5.81. The molecule has 10 heavy (non-hydrogen) atoms. The van der Waals surface area contributed by atoms with Crippen molar-refractivity contribution in [2.45, 2.75) is 31.4 Å². The molecule has 0 bridgehead atoms. The van der Waals surface area contributed by atoms with Gasteiger partial charge in [-0.2, -0.15) is 0 Å². The minimum absolute atomic E-state index is 0.274. The maximum atomic E-state index is 10.7. The highest BCUT2D eigenvalue weighted by atomic mass is 35.7. The molecule has 0 aliphatic heterocycles. The SMILES string of the molecule is C[C@@H]1CC[C@@H](S(=O)(=O)Cl)C1. The normalized spacial score (nSPS) is 34.6. The van der Waals surface area contributed by atoms with Crippen LogP contribution in [-0.2, 0) is 9.05 Å². The fraction of sp³-hybridized carbons (Fsp3) is 1.00. The Morgan fingerprint density at radius 3 is 2.20 bits per heavy atom. The molecule has 2 atom stereocenters. The Balaban J connectivity index is 2.62. The highest BCUT2D eigenvalue weighted by Crippen LogP contribution is 2.31. The molecule has 0 heterocycles. The van der Waals surface area contributed by atoms with Crippen LogP contribution in [-0.4, -0.2) is 13.7 Å². The molecular formula is C6H11ClO2S. The second kappa shape index (κ2) is 2.70. The van der Waals surface area contributed by atoms with E-state index in [0.717, 1.165) is 19.3 Å². The summed E-state index contributed by atoms with van der Waals surface area (Å²) in [5, 5.41) is -0.274. The lowest BCUT2D eigenvalue weighted by molar-refractivity contribution is 0.583. The molecule has 0 radical (unpaired) electrons. The van der Waals surface area contributed by atoms with Gasteiger partial charge in [0.1, 0.15) is 0 Å². The van der Waals surface area contributed by atoms with Crippen molar-refractivity contribution in [3.8, 4) is 0 Å². The summed E-state index contributed by atoms with van der Waals surface area (Å²) in [7, 11) is 1.91. The van der Waals surface area contributed by atoms with Crippen LogP contribution in [0.5, 0.6) is 0 Å². The van der Waals surface area contributed by atoms with Crippen LogP contribution in [0.3, 0.4) is 0 Å². The molecule has 0 aromatic carbocycles. The molecule has 1 saturated carbocycles. The van der Waals surface area contributed by atoms with Gasteiger partial charge in [0.05, 0.1) is 5.25 Å². The first-order chi connectivity index (χ1) is 4.50. The standard InChI is InChI=1S/C6H11ClO2S/c1-5-2-3-6(4-5)10(7,8)9/h5-6H,2-4H2,1H3/t5-,6-/m1/s1. The smallest absolute Gasteiger partial charge is 0.212 e. The zero-order valence-corrected chi connectivity index (χ0v) is 7.45. The van der Waals surface area contributed by atoms with E-state index < -0.39 is 9.05 Å². The van der Waals surface area contributed by atoms with E-state index in [1.807, 2.05) is 0 Å². The summed E-state index contributed by atoms with van der Waals surface area (Å²) in [5.74, 6) is 0.526. The Labute approximate surface area is 66.0 Å². The lowest BCUT2D eigenvalue weighted by Gasteiger charge is -2.02. The van der Waals surface area contributed by atoms with Gasteiger partial charge in [-0.25, -0.2) is 8.42 Å². The molecular weight excluding hydrogens is 172 g/mol. The van der Waals surface area contributed by atoms with Crippen molar-refractivity contribution in [1.29, 1.82) is 0 Å². The Kier molecular flexibility index (Phi) is 2.25. The Hall–Kier alpha value is 0.240. The zero-order valence-electron chi connectivity index (χ0n) is 5.88. The van der Waals surface area contributed by atoms with Crippen molar-refractivity contribution in [3.63, 3.8) is 0 Å². The zero-order chi connectivity index (χ0) is 7.78. The molecule has 0 unspecified atom stereocenters. The highest BCUT2D eigenvalue weighted by molar-refractivity contribution is 8.14. The highest BCUT2D eigenvalue weighted by Gasteiger charge is 2.30. The second-order valence-corrected chi connectivity index (χ2v) is 5.92. The van der Waals surface area contributed by atoms with Gasteiger partial charge >= 0.3 is 0 Å². The van der Waals surface area contributed by atoms with E-state index in [1.54, 1.807) is 0 Å². The van der Waals surface area contributed by atoms with Gasteiger partial charge in [0, 0.05) is 10.7 Å². The largest absolute Gasteiger partial charge is 0.235 e. The van der Waals surface area contributed by atoms with Crippen molar-refractivity contribution in [3.05, 3.63) is 0 Å². The van der Waals surface area contributed by atoms with Gasteiger partial charge in [0.15, 0.2) is 0 Å². The maximum absolute atomic E-state index is 10.7. The minimum atomic E-state index is -3.26. The molecule has 2 nitrogen and oxygen atoms in total. The molecule has 0 spiro atoms. The average Bonchev–Trinajstić information content (AvgIpc) is 2.11. The average molecular weight is 183 g/mol. The van der Waals surface area contributed by atoms with Gasteiger partial charge in [-0.1, -0.05) is 6.92 Å². The van der Waals surface area contributed by atoms with Crippen LogP contribution in [0, 0.1) is 5.92 Å². The summed E-state index contributed by atoms with van der Waals surface area (Å²) in [6.07, 6.45) is 2.48. The van der Waals surface area contributed by atoms with Gasteiger partial charge < -0.3 is 0 Å². The minimum Gasteiger partial charge on any atom is -0.212 e. The van der Waals surface area contributed by atoms with Crippen LogP contribution in [0.25, 0.3) is 0 Å². The topological polar surface area (TPSA) is 34.1 Å². The molecule has 4 heteroatoms. The summed E-state index contributed by atoms with van der Waals surface area (Å²) in [6.45, 7) is 2.06. The van der Waals surface area contributed by atoms with Crippen molar-refractivity contribution >= 4 is 19.7 Å². The Morgan fingerprint density at radius 2 is 2.00 bits per heavy atom. The van der Waals surface area contributed by atoms with Gasteiger partial charge in [-0.15, -0.1) is 0 Å². The summed E-state index contributed by atoms with van der Waals surface area (Å²) in [5.41, 5.74) is 0. The molecule has 0 amide bonds. The van der Waals surface area contributed by atoms with Gasteiger partial charge in [0.25, 0.3) is 0 Å². The van der Waals surface area contributed by atoms with E-state index in [4.69, 9.17) is 10.7 Å². The molecule has 0 aromatic rings. The first-order valence-electron chi connectivity index (χ1n) is 3.43. The van der Waals surface area contributed by atoms with E-state index in [1.165, 1.54) is 0 Å². The number of hydrogen-bond acceptors (Lipinski definition) is 2. The molecule has 60 valence electrons. The fourth-order valence-electron chi connectivity index (χ4n) is 1.41. The summed E-state index contributed by atoms with van der Waals surface area (Å²) in [4.78, 5) is 0. The van der Waals surface area contributed by atoms with Crippen LogP contribution in [0.15, 0.2) is 0 Å². The van der Waals surface area contributed by atoms with Crippen LogP contribution < -0.4 is 0 Å². The summed E-state index contributed by atoms with van der Waals surface area (Å²) < 4.78 is 21.5. The van der Waals surface area contributed by atoms with Crippen molar-refractivity contribution in [2.75, 3.05) is 0 Å². The van der Waals surface area contributed by atoms with Crippen molar-refractivity contribution < 1.29 is 8.42 Å². The third-order valence-electron chi connectivity index (χ3n) is 2.04. The molecule has 1 aliphatic carbocycles. The van der Waals surface area contributed by atoms with Crippen molar-refractivity contribution in [2.24, 2.45) is 5.92 Å². The van der Waals surface area contributed by atoms with Crippen LogP contribution in [0.1, 0.15) is 26.2 Å². The Bertz CT molecular complexity index is 210. The van der Waals surface area contributed by atoms with E-state index in [2.05, 4.69) is 6.92 Å². The van der Waals surface area contributed by atoms with Crippen molar-refractivity contribution in [1.82, 2.24) is 0 Å². The molecule has 0 N–H and O–H groups in total. The molecule has 1 rings (SSSR count). The van der Waals surface area contributed by atoms with Crippen LogP contribution in [0.4, 0.5) is 0 Å². The van der Waals surface area contributed by atoms with Gasteiger partial charge in [0.2, 0.25) is 9.05 Å². The van der Waals surface area contributed by atoms with E-state index >= 15 is 0 Å². The van der Waals surface area contributed by atoms with Gasteiger partial charge in [-0.05, 0) is 25.2 Å². The quantitative estimate of drug-likeness (QED) is 0.579. The molecule has 0 saturated heterocycles.